The number of carbonyl (C=O) groups excluding carboxylic acids is 3. The van der Waals surface area contributed by atoms with Crippen LogP contribution in [0.1, 0.15) is 39.2 Å². The van der Waals surface area contributed by atoms with Gasteiger partial charge in [-0.1, -0.05) is 36.4 Å². The summed E-state index contributed by atoms with van der Waals surface area (Å²) < 4.78 is 16.3. The molecule has 0 saturated carbocycles. The van der Waals surface area contributed by atoms with Gasteiger partial charge in [-0.25, -0.2) is 4.79 Å². The van der Waals surface area contributed by atoms with E-state index in [1.807, 2.05) is 37.3 Å². The van der Waals surface area contributed by atoms with Crippen LogP contribution < -0.4 is 19.7 Å². The van der Waals surface area contributed by atoms with Gasteiger partial charge in [-0.15, -0.1) is 0 Å². The van der Waals surface area contributed by atoms with Crippen molar-refractivity contribution in [3.8, 4) is 11.5 Å². The van der Waals surface area contributed by atoms with Crippen molar-refractivity contribution in [3.63, 3.8) is 0 Å². The molecule has 1 unspecified atom stereocenters. The van der Waals surface area contributed by atoms with Gasteiger partial charge in [-0.3, -0.25) is 9.59 Å². The minimum absolute atomic E-state index is 0.0907. The molecule has 1 aliphatic heterocycles. The van der Waals surface area contributed by atoms with Crippen LogP contribution in [0.4, 0.5) is 5.69 Å². The van der Waals surface area contributed by atoms with E-state index >= 15 is 0 Å². The van der Waals surface area contributed by atoms with E-state index in [9.17, 15) is 14.4 Å². The molecule has 0 fully saturated rings. The van der Waals surface area contributed by atoms with Crippen LogP contribution in [-0.4, -0.2) is 44.7 Å². The summed E-state index contributed by atoms with van der Waals surface area (Å²) in [4.78, 5) is 39.7. The molecule has 3 aromatic rings. The van der Waals surface area contributed by atoms with Crippen LogP contribution in [0, 0.1) is 0 Å². The summed E-state index contributed by atoms with van der Waals surface area (Å²) in [6.07, 6.45) is 0. The molecule has 1 N–H and O–H groups in total. The zero-order valence-corrected chi connectivity index (χ0v) is 19.5. The van der Waals surface area contributed by atoms with E-state index in [-0.39, 0.29) is 23.1 Å². The highest BCUT2D eigenvalue weighted by molar-refractivity contribution is 6.12. The summed E-state index contributed by atoms with van der Waals surface area (Å²) in [5.41, 5.74) is 1.80. The molecule has 8 heteroatoms. The second-order valence-corrected chi connectivity index (χ2v) is 8.01. The Balaban J connectivity index is 1.37. The maximum Gasteiger partial charge on any atom is 0.339 e. The Morgan fingerprint density at radius 2 is 1.57 bits per heavy atom. The lowest BCUT2D eigenvalue weighted by atomic mass is 10.1. The second-order valence-electron chi connectivity index (χ2n) is 8.01. The molecule has 0 bridgehead atoms. The zero-order valence-electron chi connectivity index (χ0n) is 19.5. The van der Waals surface area contributed by atoms with Crippen molar-refractivity contribution in [2.24, 2.45) is 0 Å². The van der Waals surface area contributed by atoms with Crippen LogP contribution in [0.15, 0.2) is 72.8 Å². The quantitative estimate of drug-likeness (QED) is 0.524. The van der Waals surface area contributed by atoms with E-state index < -0.39 is 18.5 Å². The predicted molar refractivity (Wildman–Crippen MR) is 130 cm³/mol. The largest absolute Gasteiger partial charge is 0.486 e. The van der Waals surface area contributed by atoms with Gasteiger partial charge in [0.2, 0.25) is 0 Å². The molecule has 180 valence electrons. The van der Waals surface area contributed by atoms with Crippen LogP contribution in [0.3, 0.4) is 0 Å². The normalized spacial score (nSPS) is 12.9. The van der Waals surface area contributed by atoms with Gasteiger partial charge in [0.25, 0.3) is 11.8 Å². The molecule has 0 saturated heterocycles. The summed E-state index contributed by atoms with van der Waals surface area (Å²) in [6.45, 7) is 2.31. The van der Waals surface area contributed by atoms with Gasteiger partial charge in [0.1, 0.15) is 13.2 Å². The van der Waals surface area contributed by atoms with Crippen LogP contribution >= 0.6 is 0 Å². The van der Waals surface area contributed by atoms with Crippen molar-refractivity contribution in [2.45, 2.75) is 13.0 Å². The Hall–Kier alpha value is -4.33. The van der Waals surface area contributed by atoms with Gasteiger partial charge in [0.05, 0.1) is 17.2 Å². The number of nitrogens with one attached hydrogen (secondary N) is 1. The molecule has 1 atom stereocenters. The standard InChI is InChI=1S/C27H26N2O6/c1-18(19-12-13-23-24(16-19)34-15-14-33-23)28-25(30)17-35-27(32)22-11-7-6-10-21(22)26(31)29(2)20-8-4-3-5-9-20/h3-13,16,18H,14-15,17H2,1-2H3,(H,28,30). The van der Waals surface area contributed by atoms with Gasteiger partial charge in [0.15, 0.2) is 18.1 Å². The Bertz CT molecular complexity index is 1230. The molecule has 0 aliphatic carbocycles. The fourth-order valence-corrected chi connectivity index (χ4v) is 3.70. The Kier molecular flexibility index (Phi) is 7.30. The lowest BCUT2D eigenvalue weighted by Gasteiger charge is -2.21. The highest BCUT2D eigenvalue weighted by Crippen LogP contribution is 2.32. The maximum atomic E-state index is 13.0. The molecule has 1 aliphatic rings. The van der Waals surface area contributed by atoms with E-state index in [2.05, 4.69) is 5.32 Å². The van der Waals surface area contributed by atoms with Gasteiger partial charge >= 0.3 is 5.97 Å². The summed E-state index contributed by atoms with van der Waals surface area (Å²) in [6, 6.07) is 20.6. The first-order valence-electron chi connectivity index (χ1n) is 11.2. The number of amides is 2. The lowest BCUT2D eigenvalue weighted by Crippen LogP contribution is -2.32. The summed E-state index contributed by atoms with van der Waals surface area (Å²) >= 11 is 0. The Morgan fingerprint density at radius 3 is 2.31 bits per heavy atom. The van der Waals surface area contributed by atoms with Gasteiger partial charge in [-0.2, -0.15) is 0 Å². The molecule has 3 aromatic carbocycles. The fourth-order valence-electron chi connectivity index (χ4n) is 3.70. The molecular formula is C27H26N2O6. The minimum atomic E-state index is -0.752. The number of benzene rings is 3. The molecule has 35 heavy (non-hydrogen) atoms. The van der Waals surface area contributed by atoms with Crippen molar-refractivity contribution in [2.75, 3.05) is 31.8 Å². The number of para-hydroxylation sites is 1. The number of anilines is 1. The summed E-state index contributed by atoms with van der Waals surface area (Å²) in [5, 5.41) is 2.80. The summed E-state index contributed by atoms with van der Waals surface area (Å²) in [5.74, 6) is -0.287. The average molecular weight is 475 g/mol. The van der Waals surface area contributed by atoms with Gasteiger partial charge in [0, 0.05) is 12.7 Å². The molecule has 2 amide bonds. The van der Waals surface area contributed by atoms with E-state index in [0.717, 1.165) is 5.56 Å². The lowest BCUT2D eigenvalue weighted by molar-refractivity contribution is -0.124. The average Bonchev–Trinajstić information content (AvgIpc) is 2.91. The first kappa shape index (κ1) is 23.8. The third-order valence-corrected chi connectivity index (χ3v) is 5.60. The van der Waals surface area contributed by atoms with Crippen LogP contribution in [0.2, 0.25) is 0 Å². The van der Waals surface area contributed by atoms with Crippen LogP contribution in [0.5, 0.6) is 11.5 Å². The molecule has 0 radical (unpaired) electrons. The minimum Gasteiger partial charge on any atom is -0.486 e. The first-order chi connectivity index (χ1) is 16.9. The number of hydrogen-bond acceptors (Lipinski definition) is 6. The summed E-state index contributed by atoms with van der Waals surface area (Å²) in [7, 11) is 1.63. The molecule has 8 nitrogen and oxygen atoms in total. The first-order valence-corrected chi connectivity index (χ1v) is 11.2. The van der Waals surface area contributed by atoms with Gasteiger partial charge < -0.3 is 24.4 Å². The third kappa shape index (κ3) is 5.60. The van der Waals surface area contributed by atoms with Gasteiger partial charge in [-0.05, 0) is 48.9 Å². The van der Waals surface area contributed by atoms with E-state index in [0.29, 0.717) is 30.4 Å². The molecular weight excluding hydrogens is 448 g/mol. The highest BCUT2D eigenvalue weighted by Gasteiger charge is 2.22. The Labute approximate surface area is 203 Å². The smallest absolute Gasteiger partial charge is 0.339 e. The van der Waals surface area contributed by atoms with E-state index in [4.69, 9.17) is 14.2 Å². The number of rotatable bonds is 7. The van der Waals surface area contributed by atoms with Crippen molar-refractivity contribution >= 4 is 23.5 Å². The van der Waals surface area contributed by atoms with Crippen molar-refractivity contribution in [1.29, 1.82) is 0 Å². The highest BCUT2D eigenvalue weighted by atomic mass is 16.6. The van der Waals surface area contributed by atoms with Crippen molar-refractivity contribution < 1.29 is 28.6 Å². The molecule has 4 rings (SSSR count). The van der Waals surface area contributed by atoms with E-state index in [1.165, 1.54) is 11.0 Å². The molecule has 1 heterocycles. The molecule has 0 aromatic heterocycles. The number of hydrogen-bond donors (Lipinski definition) is 1. The van der Waals surface area contributed by atoms with Crippen molar-refractivity contribution in [3.05, 3.63) is 89.5 Å². The number of fused-ring (bicyclic) bond motifs is 1. The Morgan fingerprint density at radius 1 is 0.914 bits per heavy atom. The third-order valence-electron chi connectivity index (χ3n) is 5.60. The SMILES string of the molecule is CC(NC(=O)COC(=O)c1ccccc1C(=O)N(C)c1ccccc1)c1ccc2c(c1)OCCO2. The van der Waals surface area contributed by atoms with Crippen LogP contribution in [0.25, 0.3) is 0 Å². The number of carbonyl (C=O) groups is 3. The zero-order chi connectivity index (χ0) is 24.8. The van der Waals surface area contributed by atoms with Crippen molar-refractivity contribution in [1.82, 2.24) is 5.32 Å². The van der Waals surface area contributed by atoms with E-state index in [1.54, 1.807) is 43.4 Å². The maximum absolute atomic E-state index is 13.0. The second kappa shape index (κ2) is 10.7. The monoisotopic (exact) mass is 474 g/mol. The number of ether oxygens (including phenoxy) is 3. The molecule has 0 spiro atoms. The van der Waals surface area contributed by atoms with Crippen LogP contribution in [-0.2, 0) is 9.53 Å². The predicted octanol–water partition coefficient (Wildman–Crippen LogP) is 3.77. The fraction of sp³-hybridized carbons (Fsp3) is 0.222. The topological polar surface area (TPSA) is 94.2 Å². The number of esters is 1. The number of nitrogens with zero attached hydrogens (tertiary/aromatic N) is 1.